The second-order valence-electron chi connectivity index (χ2n) is 5.21. The Morgan fingerprint density at radius 3 is 2.48 bits per heavy atom. The van der Waals surface area contributed by atoms with E-state index in [-0.39, 0.29) is 12.1 Å². The zero-order valence-corrected chi connectivity index (χ0v) is 14.4. The predicted octanol–water partition coefficient (Wildman–Crippen LogP) is 3.11. The fourth-order valence-corrected chi connectivity index (χ4v) is 2.66. The van der Waals surface area contributed by atoms with E-state index in [1.807, 2.05) is 13.1 Å². The van der Waals surface area contributed by atoms with Gasteiger partial charge in [0.2, 0.25) is 0 Å². The van der Waals surface area contributed by atoms with Gasteiger partial charge in [-0.15, -0.1) is 0 Å². The minimum atomic E-state index is 0.232. The Morgan fingerprint density at radius 1 is 1.24 bits per heavy atom. The molecule has 1 rings (SSSR count). The SMILES string of the molecule is CNC(C)c1ccc(N(CCOC)C(C)COC)cc1Cl. The van der Waals surface area contributed by atoms with Crippen molar-refractivity contribution in [2.24, 2.45) is 0 Å². The van der Waals surface area contributed by atoms with Crippen LogP contribution in [0.3, 0.4) is 0 Å². The lowest BCUT2D eigenvalue weighted by Gasteiger charge is -2.31. The lowest BCUT2D eigenvalue weighted by molar-refractivity contribution is 0.171. The Labute approximate surface area is 133 Å². The molecule has 0 aliphatic rings. The van der Waals surface area contributed by atoms with Gasteiger partial charge < -0.3 is 19.7 Å². The highest BCUT2D eigenvalue weighted by molar-refractivity contribution is 6.31. The van der Waals surface area contributed by atoms with Crippen molar-refractivity contribution in [3.05, 3.63) is 28.8 Å². The Balaban J connectivity index is 2.99. The summed E-state index contributed by atoms with van der Waals surface area (Å²) in [5, 5.41) is 3.99. The van der Waals surface area contributed by atoms with Gasteiger partial charge in [-0.3, -0.25) is 0 Å². The maximum Gasteiger partial charge on any atom is 0.0663 e. The third-order valence-corrected chi connectivity index (χ3v) is 4.02. The normalized spacial score (nSPS) is 14.0. The zero-order valence-electron chi connectivity index (χ0n) is 13.6. The van der Waals surface area contributed by atoms with E-state index in [1.165, 1.54) is 0 Å². The number of hydrogen-bond acceptors (Lipinski definition) is 4. The van der Waals surface area contributed by atoms with Crippen LogP contribution in [-0.4, -0.2) is 47.1 Å². The molecule has 1 aromatic rings. The average molecular weight is 315 g/mol. The van der Waals surface area contributed by atoms with Crippen LogP contribution in [0.5, 0.6) is 0 Å². The predicted molar refractivity (Wildman–Crippen MR) is 89.5 cm³/mol. The van der Waals surface area contributed by atoms with E-state index in [1.54, 1.807) is 14.2 Å². The van der Waals surface area contributed by atoms with Crippen molar-refractivity contribution in [3.63, 3.8) is 0 Å². The average Bonchev–Trinajstić information content (AvgIpc) is 2.47. The maximum atomic E-state index is 6.43. The largest absolute Gasteiger partial charge is 0.383 e. The van der Waals surface area contributed by atoms with Crippen LogP contribution in [0.4, 0.5) is 5.69 Å². The van der Waals surface area contributed by atoms with Gasteiger partial charge in [0.15, 0.2) is 0 Å². The number of nitrogens with zero attached hydrogens (tertiary/aromatic N) is 1. The van der Waals surface area contributed by atoms with Crippen LogP contribution < -0.4 is 10.2 Å². The molecule has 0 aliphatic carbocycles. The van der Waals surface area contributed by atoms with E-state index < -0.39 is 0 Å². The summed E-state index contributed by atoms with van der Waals surface area (Å²) in [5.74, 6) is 0. The zero-order chi connectivity index (χ0) is 15.8. The summed E-state index contributed by atoms with van der Waals surface area (Å²) in [7, 11) is 5.36. The number of methoxy groups -OCH3 is 2. The molecule has 0 spiro atoms. The Morgan fingerprint density at radius 2 is 1.95 bits per heavy atom. The summed E-state index contributed by atoms with van der Waals surface area (Å²) >= 11 is 6.43. The molecule has 2 unspecified atom stereocenters. The second-order valence-corrected chi connectivity index (χ2v) is 5.61. The summed E-state index contributed by atoms with van der Waals surface area (Å²) in [5.41, 5.74) is 2.20. The Bertz CT molecular complexity index is 429. The van der Waals surface area contributed by atoms with Gasteiger partial charge in [0, 0.05) is 43.6 Å². The number of ether oxygens (including phenoxy) is 2. The van der Waals surface area contributed by atoms with Crippen molar-refractivity contribution < 1.29 is 9.47 Å². The molecule has 0 saturated carbocycles. The molecule has 21 heavy (non-hydrogen) atoms. The lowest BCUT2D eigenvalue weighted by Crippen LogP contribution is -2.38. The third-order valence-electron chi connectivity index (χ3n) is 3.69. The van der Waals surface area contributed by atoms with Gasteiger partial charge in [-0.2, -0.15) is 0 Å². The van der Waals surface area contributed by atoms with Gasteiger partial charge in [-0.1, -0.05) is 17.7 Å². The molecule has 5 heteroatoms. The monoisotopic (exact) mass is 314 g/mol. The number of hydrogen-bond donors (Lipinski definition) is 1. The Hall–Kier alpha value is -0.810. The topological polar surface area (TPSA) is 33.7 Å². The molecule has 0 radical (unpaired) electrons. The van der Waals surface area contributed by atoms with Crippen molar-refractivity contribution in [2.75, 3.05) is 45.9 Å². The molecule has 0 aliphatic heterocycles. The quantitative estimate of drug-likeness (QED) is 0.759. The lowest BCUT2D eigenvalue weighted by atomic mass is 10.1. The van der Waals surface area contributed by atoms with E-state index in [4.69, 9.17) is 21.1 Å². The van der Waals surface area contributed by atoms with Crippen LogP contribution in [0.25, 0.3) is 0 Å². The smallest absolute Gasteiger partial charge is 0.0663 e. The first-order valence-electron chi connectivity index (χ1n) is 7.26. The number of rotatable bonds is 9. The van der Waals surface area contributed by atoms with E-state index in [0.29, 0.717) is 13.2 Å². The third kappa shape index (κ3) is 5.15. The van der Waals surface area contributed by atoms with Gasteiger partial charge in [0.25, 0.3) is 0 Å². The molecule has 1 N–H and O–H groups in total. The fourth-order valence-electron chi connectivity index (χ4n) is 2.33. The van der Waals surface area contributed by atoms with Crippen LogP contribution in [0, 0.1) is 0 Å². The molecular formula is C16H27ClN2O2. The number of nitrogens with one attached hydrogen (secondary N) is 1. The van der Waals surface area contributed by atoms with Gasteiger partial charge in [0.1, 0.15) is 0 Å². The molecule has 0 heterocycles. The molecule has 0 fully saturated rings. The summed E-state index contributed by atoms with van der Waals surface area (Å²) in [4.78, 5) is 2.26. The van der Waals surface area contributed by atoms with Crippen molar-refractivity contribution in [1.82, 2.24) is 5.32 Å². The van der Waals surface area contributed by atoms with Crippen molar-refractivity contribution in [2.45, 2.75) is 25.9 Å². The van der Waals surface area contributed by atoms with E-state index in [0.717, 1.165) is 22.8 Å². The van der Waals surface area contributed by atoms with Gasteiger partial charge in [-0.05, 0) is 38.6 Å². The highest BCUT2D eigenvalue weighted by Gasteiger charge is 2.16. The first kappa shape index (κ1) is 18.2. The maximum absolute atomic E-state index is 6.43. The highest BCUT2D eigenvalue weighted by Crippen LogP contribution is 2.28. The van der Waals surface area contributed by atoms with Crippen LogP contribution in [0.1, 0.15) is 25.5 Å². The van der Waals surface area contributed by atoms with E-state index >= 15 is 0 Å². The minimum absolute atomic E-state index is 0.232. The number of benzene rings is 1. The van der Waals surface area contributed by atoms with Gasteiger partial charge >= 0.3 is 0 Å². The van der Waals surface area contributed by atoms with Crippen molar-refractivity contribution >= 4 is 17.3 Å². The summed E-state index contributed by atoms with van der Waals surface area (Å²) in [6.45, 7) is 6.36. The molecule has 2 atom stereocenters. The molecule has 4 nitrogen and oxygen atoms in total. The van der Waals surface area contributed by atoms with Crippen molar-refractivity contribution in [1.29, 1.82) is 0 Å². The molecule has 1 aromatic carbocycles. The minimum Gasteiger partial charge on any atom is -0.383 e. The van der Waals surface area contributed by atoms with Gasteiger partial charge in [0.05, 0.1) is 13.2 Å². The summed E-state index contributed by atoms with van der Waals surface area (Å²) in [6.07, 6.45) is 0. The second kappa shape index (κ2) is 9.26. The van der Waals surface area contributed by atoms with Crippen LogP contribution >= 0.6 is 11.6 Å². The standard InChI is InChI=1S/C16H27ClN2O2/c1-12(11-21-5)19(8-9-20-4)14-6-7-15(13(2)18-3)16(17)10-14/h6-7,10,12-13,18H,8-9,11H2,1-5H3. The highest BCUT2D eigenvalue weighted by atomic mass is 35.5. The molecule has 120 valence electrons. The Kier molecular flexibility index (Phi) is 8.04. The van der Waals surface area contributed by atoms with E-state index in [9.17, 15) is 0 Å². The summed E-state index contributed by atoms with van der Waals surface area (Å²) in [6, 6.07) is 6.70. The number of halogens is 1. The molecule has 0 amide bonds. The summed E-state index contributed by atoms with van der Waals surface area (Å²) < 4.78 is 10.5. The van der Waals surface area contributed by atoms with Crippen molar-refractivity contribution in [3.8, 4) is 0 Å². The van der Waals surface area contributed by atoms with Crippen LogP contribution in [0.15, 0.2) is 18.2 Å². The molecular weight excluding hydrogens is 288 g/mol. The first-order valence-corrected chi connectivity index (χ1v) is 7.64. The van der Waals surface area contributed by atoms with Crippen LogP contribution in [0.2, 0.25) is 5.02 Å². The molecule has 0 saturated heterocycles. The first-order chi connectivity index (χ1) is 10.0. The molecule has 0 aromatic heterocycles. The fraction of sp³-hybridized carbons (Fsp3) is 0.625. The van der Waals surface area contributed by atoms with Gasteiger partial charge in [-0.25, -0.2) is 0 Å². The van der Waals surface area contributed by atoms with Crippen LogP contribution in [-0.2, 0) is 9.47 Å². The van der Waals surface area contributed by atoms with E-state index in [2.05, 4.69) is 36.2 Å². The molecule has 0 bridgehead atoms. The number of anilines is 1.